The molecule has 1 aliphatic heterocycles. The number of thioether (sulfide) groups is 1. The Labute approximate surface area is 198 Å². The lowest BCUT2D eigenvalue weighted by atomic mass is 9.98. The van der Waals surface area contributed by atoms with E-state index in [4.69, 9.17) is 21.7 Å². The highest BCUT2D eigenvalue weighted by atomic mass is 32.2. The Hall–Kier alpha value is -2.57. The summed E-state index contributed by atoms with van der Waals surface area (Å²) in [6.45, 7) is 5.72. The van der Waals surface area contributed by atoms with Gasteiger partial charge in [0.1, 0.15) is 15.8 Å². The first-order valence-electron chi connectivity index (χ1n) is 11.0. The molecule has 0 N–H and O–H groups in total. The minimum absolute atomic E-state index is 0.0799. The monoisotopic (exact) mass is 465 g/mol. The van der Waals surface area contributed by atoms with E-state index in [-0.39, 0.29) is 11.2 Å². The van der Waals surface area contributed by atoms with Crippen LogP contribution in [0.25, 0.3) is 10.8 Å². The summed E-state index contributed by atoms with van der Waals surface area (Å²) in [4.78, 5) is 15.0. The standard InChI is InChI=1S/C26H27NO3S2/c1-3-29-20-12-10-19-11-13-23(30-4-2)22(21(19)16-20)17-24-25(28)27(26(31)32-24)15-14-18-8-6-5-7-9-18/h5-13,16,24H,3-4,14-15,17H2,1-2H3/t24-/m1/s1. The third-order valence-corrected chi connectivity index (χ3v) is 7.12. The van der Waals surface area contributed by atoms with Crippen LogP contribution in [-0.2, 0) is 17.6 Å². The average molecular weight is 466 g/mol. The lowest BCUT2D eigenvalue weighted by Crippen LogP contribution is -2.33. The maximum absolute atomic E-state index is 13.3. The first-order valence-corrected chi connectivity index (χ1v) is 12.3. The predicted octanol–water partition coefficient (Wildman–Crippen LogP) is 5.65. The summed E-state index contributed by atoms with van der Waals surface area (Å²) in [6.07, 6.45) is 1.35. The van der Waals surface area contributed by atoms with Crippen LogP contribution in [0, 0.1) is 0 Å². The first-order chi connectivity index (χ1) is 15.6. The largest absolute Gasteiger partial charge is 0.494 e. The quantitative estimate of drug-likeness (QED) is 0.382. The number of amides is 1. The van der Waals surface area contributed by atoms with E-state index < -0.39 is 0 Å². The Balaban J connectivity index is 1.59. The second-order valence-corrected chi connectivity index (χ2v) is 9.43. The zero-order valence-corrected chi connectivity index (χ0v) is 20.0. The van der Waals surface area contributed by atoms with Gasteiger partial charge in [-0.3, -0.25) is 9.69 Å². The minimum Gasteiger partial charge on any atom is -0.494 e. The number of nitrogens with zero attached hydrogens (tertiary/aromatic N) is 1. The second kappa shape index (κ2) is 10.4. The maximum atomic E-state index is 13.3. The molecular weight excluding hydrogens is 438 g/mol. The van der Waals surface area contributed by atoms with E-state index in [0.29, 0.717) is 30.5 Å². The van der Waals surface area contributed by atoms with Crippen LogP contribution in [0.2, 0.25) is 0 Å². The molecule has 4 nitrogen and oxygen atoms in total. The van der Waals surface area contributed by atoms with Gasteiger partial charge in [-0.1, -0.05) is 66.4 Å². The SMILES string of the molecule is CCOc1ccc2ccc(OCC)c(C[C@H]3SC(=S)N(CCc4ccccc4)C3=O)c2c1. The molecule has 0 bridgehead atoms. The number of carbonyl (C=O) groups is 1. The highest BCUT2D eigenvalue weighted by Gasteiger charge is 2.37. The van der Waals surface area contributed by atoms with Crippen LogP contribution in [0.4, 0.5) is 0 Å². The van der Waals surface area contributed by atoms with E-state index >= 15 is 0 Å². The third-order valence-electron chi connectivity index (χ3n) is 5.53. The molecule has 1 aliphatic rings. The molecule has 0 radical (unpaired) electrons. The number of carbonyl (C=O) groups excluding carboxylic acids is 1. The van der Waals surface area contributed by atoms with Crippen molar-refractivity contribution in [2.75, 3.05) is 19.8 Å². The van der Waals surface area contributed by atoms with Crippen LogP contribution < -0.4 is 9.47 Å². The molecule has 1 saturated heterocycles. The third kappa shape index (κ3) is 4.92. The van der Waals surface area contributed by atoms with Gasteiger partial charge in [0.2, 0.25) is 5.91 Å². The van der Waals surface area contributed by atoms with Gasteiger partial charge in [-0.25, -0.2) is 0 Å². The lowest BCUT2D eigenvalue weighted by molar-refractivity contribution is -0.126. The lowest BCUT2D eigenvalue weighted by Gasteiger charge is -2.18. The van der Waals surface area contributed by atoms with Crippen molar-refractivity contribution in [1.29, 1.82) is 0 Å². The molecule has 1 fully saturated rings. The Kier molecular flexibility index (Phi) is 7.33. The molecule has 1 amide bonds. The first kappa shape index (κ1) is 22.6. The van der Waals surface area contributed by atoms with Gasteiger partial charge >= 0.3 is 0 Å². The normalized spacial score (nSPS) is 16.1. The number of benzene rings is 3. The molecule has 166 valence electrons. The molecule has 0 saturated carbocycles. The number of hydrogen-bond donors (Lipinski definition) is 0. The summed E-state index contributed by atoms with van der Waals surface area (Å²) < 4.78 is 12.3. The molecule has 3 aromatic rings. The maximum Gasteiger partial charge on any atom is 0.241 e. The van der Waals surface area contributed by atoms with Gasteiger partial charge in [0.05, 0.1) is 18.5 Å². The molecule has 32 heavy (non-hydrogen) atoms. The van der Waals surface area contributed by atoms with Crippen LogP contribution >= 0.6 is 24.0 Å². The van der Waals surface area contributed by atoms with Crippen molar-refractivity contribution in [1.82, 2.24) is 4.90 Å². The Bertz CT molecular complexity index is 1110. The molecule has 6 heteroatoms. The molecule has 0 aliphatic carbocycles. The average Bonchev–Trinajstić information content (AvgIpc) is 3.07. The number of ether oxygens (including phenoxy) is 2. The fourth-order valence-corrected chi connectivity index (χ4v) is 5.56. The summed E-state index contributed by atoms with van der Waals surface area (Å²) in [5.41, 5.74) is 2.23. The number of thiocarbonyl (C=S) groups is 1. The zero-order chi connectivity index (χ0) is 22.5. The van der Waals surface area contributed by atoms with Crippen molar-refractivity contribution >= 4 is 45.0 Å². The Morgan fingerprint density at radius 1 is 1.00 bits per heavy atom. The number of fused-ring (bicyclic) bond motifs is 1. The van der Waals surface area contributed by atoms with Crippen LogP contribution in [0.5, 0.6) is 11.5 Å². The number of hydrogen-bond acceptors (Lipinski definition) is 5. The van der Waals surface area contributed by atoms with Gasteiger partial charge in [0, 0.05) is 12.1 Å². The van der Waals surface area contributed by atoms with Gasteiger partial charge in [-0.2, -0.15) is 0 Å². The fraction of sp³-hybridized carbons (Fsp3) is 0.308. The molecule has 1 atom stereocenters. The zero-order valence-electron chi connectivity index (χ0n) is 18.4. The second-order valence-electron chi connectivity index (χ2n) is 7.59. The summed E-state index contributed by atoms with van der Waals surface area (Å²) in [6, 6.07) is 20.3. The summed E-state index contributed by atoms with van der Waals surface area (Å²) in [7, 11) is 0. The van der Waals surface area contributed by atoms with Gasteiger partial charge in [-0.15, -0.1) is 0 Å². The van der Waals surface area contributed by atoms with E-state index in [1.54, 1.807) is 4.90 Å². The molecule has 0 aromatic heterocycles. The van der Waals surface area contributed by atoms with E-state index in [9.17, 15) is 4.79 Å². The highest BCUT2D eigenvalue weighted by molar-refractivity contribution is 8.24. The van der Waals surface area contributed by atoms with Crippen molar-refractivity contribution in [2.24, 2.45) is 0 Å². The molecular formula is C26H27NO3S2. The molecule has 0 unspecified atom stereocenters. The van der Waals surface area contributed by atoms with Crippen molar-refractivity contribution in [3.05, 3.63) is 71.8 Å². The number of rotatable bonds is 9. The van der Waals surface area contributed by atoms with E-state index in [2.05, 4.69) is 24.3 Å². The Morgan fingerprint density at radius 3 is 2.50 bits per heavy atom. The Morgan fingerprint density at radius 2 is 1.75 bits per heavy atom. The van der Waals surface area contributed by atoms with Crippen molar-refractivity contribution in [3.63, 3.8) is 0 Å². The van der Waals surface area contributed by atoms with E-state index in [1.807, 2.05) is 50.2 Å². The van der Waals surface area contributed by atoms with Gasteiger partial charge in [0.25, 0.3) is 0 Å². The summed E-state index contributed by atoms with van der Waals surface area (Å²) >= 11 is 7.06. The van der Waals surface area contributed by atoms with E-state index in [1.165, 1.54) is 17.3 Å². The highest BCUT2D eigenvalue weighted by Crippen LogP contribution is 2.37. The topological polar surface area (TPSA) is 38.8 Å². The van der Waals surface area contributed by atoms with Crippen molar-refractivity contribution < 1.29 is 14.3 Å². The molecule has 4 rings (SSSR count). The van der Waals surface area contributed by atoms with Crippen LogP contribution in [-0.4, -0.2) is 40.1 Å². The smallest absolute Gasteiger partial charge is 0.241 e. The van der Waals surface area contributed by atoms with Gasteiger partial charge < -0.3 is 9.47 Å². The molecule has 1 heterocycles. The molecule has 3 aromatic carbocycles. The van der Waals surface area contributed by atoms with Crippen molar-refractivity contribution in [3.8, 4) is 11.5 Å². The minimum atomic E-state index is -0.251. The predicted molar refractivity (Wildman–Crippen MR) is 136 cm³/mol. The van der Waals surface area contributed by atoms with E-state index in [0.717, 1.165) is 34.3 Å². The summed E-state index contributed by atoms with van der Waals surface area (Å²) in [5.74, 6) is 1.72. The van der Waals surface area contributed by atoms with Crippen LogP contribution in [0.3, 0.4) is 0 Å². The van der Waals surface area contributed by atoms with Crippen LogP contribution in [0.15, 0.2) is 60.7 Å². The molecule has 0 spiro atoms. The van der Waals surface area contributed by atoms with Gasteiger partial charge in [-0.05, 0) is 61.2 Å². The van der Waals surface area contributed by atoms with Gasteiger partial charge in [0.15, 0.2) is 0 Å². The van der Waals surface area contributed by atoms with Crippen LogP contribution in [0.1, 0.15) is 25.0 Å². The fourth-order valence-electron chi connectivity index (χ4n) is 4.00. The summed E-state index contributed by atoms with van der Waals surface area (Å²) in [5, 5.41) is 1.91. The van der Waals surface area contributed by atoms with Crippen molar-refractivity contribution in [2.45, 2.75) is 31.9 Å².